The van der Waals surface area contributed by atoms with Crippen LogP contribution in [0.25, 0.3) is 0 Å². The predicted octanol–water partition coefficient (Wildman–Crippen LogP) is 1.12. The van der Waals surface area contributed by atoms with Crippen molar-refractivity contribution in [2.24, 2.45) is 5.92 Å². The first-order valence-corrected chi connectivity index (χ1v) is 8.07. The third-order valence-electron chi connectivity index (χ3n) is 5.22. The van der Waals surface area contributed by atoms with Gasteiger partial charge in [0.1, 0.15) is 0 Å². The summed E-state index contributed by atoms with van der Waals surface area (Å²) in [5.74, 6) is 1.13. The molecule has 3 rings (SSSR count). The first-order chi connectivity index (χ1) is 9.33. The molecule has 3 saturated heterocycles. The minimum absolute atomic E-state index is 0.252. The largest absolute Gasteiger partial charge is 0.356 e. The van der Waals surface area contributed by atoms with E-state index in [-0.39, 0.29) is 5.91 Å². The van der Waals surface area contributed by atoms with Crippen molar-refractivity contribution in [1.29, 1.82) is 0 Å². The van der Waals surface area contributed by atoms with Gasteiger partial charge in [0.25, 0.3) is 0 Å². The Hall–Kier alpha value is -0.610. The molecule has 0 bridgehead atoms. The molecule has 0 radical (unpaired) electrons. The lowest BCUT2D eigenvalue weighted by molar-refractivity contribution is -0.121. The Morgan fingerprint density at radius 3 is 2.53 bits per heavy atom. The molecule has 4 heteroatoms. The molecule has 4 nitrogen and oxygen atoms in total. The quantitative estimate of drug-likeness (QED) is 0.786. The van der Waals surface area contributed by atoms with Gasteiger partial charge in [0.15, 0.2) is 0 Å². The van der Waals surface area contributed by atoms with Crippen LogP contribution in [0.4, 0.5) is 0 Å². The third-order valence-corrected chi connectivity index (χ3v) is 5.22. The van der Waals surface area contributed by atoms with Gasteiger partial charge in [-0.05, 0) is 64.1 Å². The monoisotopic (exact) mass is 265 g/mol. The lowest BCUT2D eigenvalue weighted by Crippen LogP contribution is -2.45. The Bertz CT molecular complexity index is 307. The molecule has 0 aliphatic carbocycles. The van der Waals surface area contributed by atoms with Crippen molar-refractivity contribution in [2.75, 3.05) is 26.2 Å². The van der Waals surface area contributed by atoms with Gasteiger partial charge in [0.05, 0.1) is 0 Å². The zero-order chi connectivity index (χ0) is 13.1. The Morgan fingerprint density at radius 1 is 1.00 bits per heavy atom. The number of amides is 1. The fraction of sp³-hybridized carbons (Fsp3) is 0.933. The summed E-state index contributed by atoms with van der Waals surface area (Å²) in [6.45, 7) is 4.48. The molecular weight excluding hydrogens is 238 g/mol. The molecule has 0 aromatic rings. The van der Waals surface area contributed by atoms with Gasteiger partial charge >= 0.3 is 0 Å². The number of nitrogens with one attached hydrogen (secondary N) is 2. The predicted molar refractivity (Wildman–Crippen MR) is 76.0 cm³/mol. The molecule has 3 aliphatic rings. The lowest BCUT2D eigenvalue weighted by Gasteiger charge is -2.38. The Labute approximate surface area is 116 Å². The number of nitrogens with zero attached hydrogens (tertiary/aromatic N) is 1. The molecule has 2 N–H and O–H groups in total. The number of hydrogen-bond donors (Lipinski definition) is 2. The van der Waals surface area contributed by atoms with Gasteiger partial charge in [-0.2, -0.15) is 0 Å². The topological polar surface area (TPSA) is 44.4 Å². The molecule has 0 aromatic carbocycles. The fourth-order valence-electron chi connectivity index (χ4n) is 4.07. The molecular formula is C15H27N3O. The number of hydrogen-bond acceptors (Lipinski definition) is 3. The van der Waals surface area contributed by atoms with E-state index in [2.05, 4.69) is 15.5 Å². The molecule has 3 heterocycles. The molecule has 108 valence electrons. The summed E-state index contributed by atoms with van der Waals surface area (Å²) in [5, 5.41) is 6.65. The van der Waals surface area contributed by atoms with E-state index in [9.17, 15) is 4.79 Å². The van der Waals surface area contributed by atoms with E-state index in [0.717, 1.165) is 24.9 Å². The zero-order valence-electron chi connectivity index (χ0n) is 11.9. The number of carbonyl (C=O) groups excluding carboxylic acids is 1. The molecule has 2 unspecified atom stereocenters. The van der Waals surface area contributed by atoms with Crippen LogP contribution in [-0.2, 0) is 4.79 Å². The summed E-state index contributed by atoms with van der Waals surface area (Å²) >= 11 is 0. The molecule has 0 aromatic heterocycles. The van der Waals surface area contributed by atoms with Crippen molar-refractivity contribution in [3.63, 3.8) is 0 Å². The summed E-state index contributed by atoms with van der Waals surface area (Å²) in [5.41, 5.74) is 0. The highest BCUT2D eigenvalue weighted by atomic mass is 16.1. The van der Waals surface area contributed by atoms with E-state index in [1.165, 1.54) is 51.7 Å². The second-order valence-corrected chi connectivity index (χ2v) is 6.43. The summed E-state index contributed by atoms with van der Waals surface area (Å²) in [4.78, 5) is 14.2. The number of likely N-dealkylation sites (tertiary alicyclic amines) is 1. The van der Waals surface area contributed by atoms with E-state index >= 15 is 0 Å². The van der Waals surface area contributed by atoms with Crippen LogP contribution in [0.2, 0.25) is 0 Å². The van der Waals surface area contributed by atoms with Gasteiger partial charge in [-0.3, -0.25) is 9.69 Å². The van der Waals surface area contributed by atoms with Crippen LogP contribution in [0.1, 0.15) is 44.9 Å². The second-order valence-electron chi connectivity index (χ2n) is 6.43. The van der Waals surface area contributed by atoms with E-state index in [1.807, 2.05) is 0 Å². The molecule has 19 heavy (non-hydrogen) atoms. The van der Waals surface area contributed by atoms with Crippen LogP contribution in [0, 0.1) is 5.92 Å². The Kier molecular flexibility index (Phi) is 4.38. The van der Waals surface area contributed by atoms with Gasteiger partial charge in [-0.15, -0.1) is 0 Å². The van der Waals surface area contributed by atoms with Crippen molar-refractivity contribution in [3.05, 3.63) is 0 Å². The smallest absolute Gasteiger partial charge is 0.221 e. The number of piperidine rings is 1. The van der Waals surface area contributed by atoms with Crippen LogP contribution in [0.15, 0.2) is 0 Å². The lowest BCUT2D eigenvalue weighted by atomic mass is 9.87. The maximum atomic E-state index is 11.7. The van der Waals surface area contributed by atoms with Gasteiger partial charge in [0, 0.05) is 25.0 Å². The van der Waals surface area contributed by atoms with Gasteiger partial charge in [0.2, 0.25) is 5.91 Å². The minimum atomic E-state index is 0.252. The Morgan fingerprint density at radius 2 is 1.79 bits per heavy atom. The van der Waals surface area contributed by atoms with Gasteiger partial charge < -0.3 is 10.6 Å². The maximum Gasteiger partial charge on any atom is 0.221 e. The highest BCUT2D eigenvalue weighted by molar-refractivity contribution is 5.76. The van der Waals surface area contributed by atoms with Crippen LogP contribution in [0.3, 0.4) is 0 Å². The number of rotatable bonds is 2. The Balaban J connectivity index is 1.50. The van der Waals surface area contributed by atoms with Crippen molar-refractivity contribution in [1.82, 2.24) is 15.5 Å². The zero-order valence-corrected chi connectivity index (χ0v) is 11.9. The van der Waals surface area contributed by atoms with Crippen LogP contribution in [0.5, 0.6) is 0 Å². The first-order valence-electron chi connectivity index (χ1n) is 8.07. The van der Waals surface area contributed by atoms with Crippen molar-refractivity contribution < 1.29 is 4.79 Å². The van der Waals surface area contributed by atoms with E-state index < -0.39 is 0 Å². The van der Waals surface area contributed by atoms with E-state index in [4.69, 9.17) is 0 Å². The fourth-order valence-corrected chi connectivity index (χ4v) is 4.07. The van der Waals surface area contributed by atoms with Crippen LogP contribution < -0.4 is 10.6 Å². The molecule has 1 amide bonds. The average molecular weight is 265 g/mol. The summed E-state index contributed by atoms with van der Waals surface area (Å²) in [7, 11) is 0. The average Bonchev–Trinajstić information content (AvgIpc) is 2.88. The van der Waals surface area contributed by atoms with E-state index in [1.54, 1.807) is 0 Å². The molecule has 3 aliphatic heterocycles. The summed E-state index contributed by atoms with van der Waals surface area (Å²) < 4.78 is 0. The SMILES string of the molecule is O=C1CC(N2CCC(C3CCCN3)CC2)CCCN1. The molecule has 2 atom stereocenters. The standard InChI is InChI=1S/C15H27N3O/c19-15-11-13(3-1-8-17-15)18-9-5-12(6-10-18)14-4-2-7-16-14/h12-14,16H,1-11H2,(H,17,19). The van der Waals surface area contributed by atoms with Crippen molar-refractivity contribution >= 4 is 5.91 Å². The van der Waals surface area contributed by atoms with Crippen molar-refractivity contribution in [2.45, 2.75) is 57.0 Å². The summed E-state index contributed by atoms with van der Waals surface area (Å²) in [6.07, 6.45) is 8.40. The molecule has 0 spiro atoms. The third kappa shape index (κ3) is 3.29. The highest BCUT2D eigenvalue weighted by Crippen LogP contribution is 2.28. The normalized spacial score (nSPS) is 35.1. The first kappa shape index (κ1) is 13.4. The summed E-state index contributed by atoms with van der Waals surface area (Å²) in [6, 6.07) is 1.28. The maximum absolute atomic E-state index is 11.7. The van der Waals surface area contributed by atoms with Gasteiger partial charge in [-0.25, -0.2) is 0 Å². The van der Waals surface area contributed by atoms with Crippen LogP contribution >= 0.6 is 0 Å². The van der Waals surface area contributed by atoms with Crippen molar-refractivity contribution in [3.8, 4) is 0 Å². The minimum Gasteiger partial charge on any atom is -0.356 e. The molecule has 3 fully saturated rings. The number of carbonyl (C=O) groups is 1. The second kappa shape index (κ2) is 6.23. The van der Waals surface area contributed by atoms with E-state index in [0.29, 0.717) is 12.5 Å². The van der Waals surface area contributed by atoms with Crippen LogP contribution in [-0.4, -0.2) is 49.1 Å². The molecule has 0 saturated carbocycles. The highest BCUT2D eigenvalue weighted by Gasteiger charge is 2.31. The van der Waals surface area contributed by atoms with Gasteiger partial charge in [-0.1, -0.05) is 0 Å².